The van der Waals surface area contributed by atoms with Crippen LogP contribution in [0.15, 0.2) is 91.2 Å². The third-order valence-electron chi connectivity index (χ3n) is 5.62. The zero-order valence-corrected chi connectivity index (χ0v) is 20.6. The number of halogens is 3. The Hall–Kier alpha value is -3.31. The summed E-state index contributed by atoms with van der Waals surface area (Å²) in [6.07, 6.45) is -0.304. The third-order valence-corrected chi connectivity index (χ3v) is 6.42. The van der Waals surface area contributed by atoms with Gasteiger partial charge < -0.3 is 9.47 Å². The van der Waals surface area contributed by atoms with E-state index >= 15 is 0 Å². The molecule has 1 aliphatic heterocycles. The Morgan fingerprint density at radius 3 is 2.34 bits per heavy atom. The van der Waals surface area contributed by atoms with Gasteiger partial charge in [-0.3, -0.25) is 0 Å². The molecule has 174 valence electrons. The van der Waals surface area contributed by atoms with Crippen LogP contribution in [-0.2, 0) is 4.74 Å². The fourth-order valence-electron chi connectivity index (χ4n) is 3.93. The molecular formula is C28H18Cl3NO3. The Balaban J connectivity index is 1.65. The number of pyridine rings is 1. The van der Waals surface area contributed by atoms with E-state index in [1.165, 1.54) is 0 Å². The molecule has 0 amide bonds. The summed E-state index contributed by atoms with van der Waals surface area (Å²) in [6.45, 7) is 3.95. The Bertz CT molecular complexity index is 1440. The van der Waals surface area contributed by atoms with Crippen molar-refractivity contribution in [1.29, 1.82) is 0 Å². The van der Waals surface area contributed by atoms with Gasteiger partial charge in [0, 0.05) is 27.6 Å². The fourth-order valence-corrected chi connectivity index (χ4v) is 4.56. The molecule has 3 aromatic carbocycles. The highest BCUT2D eigenvalue weighted by molar-refractivity contribution is 6.36. The van der Waals surface area contributed by atoms with Crippen LogP contribution in [0.4, 0.5) is 0 Å². The molecule has 0 spiro atoms. The van der Waals surface area contributed by atoms with Crippen molar-refractivity contribution in [3.8, 4) is 28.3 Å². The van der Waals surface area contributed by atoms with E-state index in [1.807, 2.05) is 30.3 Å². The van der Waals surface area contributed by atoms with Gasteiger partial charge in [0.2, 0.25) is 5.88 Å². The summed E-state index contributed by atoms with van der Waals surface area (Å²) in [6, 6.07) is 23.4. The van der Waals surface area contributed by atoms with Crippen molar-refractivity contribution in [1.82, 2.24) is 4.98 Å². The molecule has 0 aliphatic carbocycles. The summed E-state index contributed by atoms with van der Waals surface area (Å²) in [5, 5.41) is 1.57. The van der Waals surface area contributed by atoms with Crippen LogP contribution in [0.3, 0.4) is 0 Å². The van der Waals surface area contributed by atoms with Crippen molar-refractivity contribution in [2.45, 2.75) is 12.5 Å². The van der Waals surface area contributed by atoms with E-state index in [0.29, 0.717) is 55.5 Å². The number of carbonyl (C=O) groups is 1. The molecule has 0 saturated heterocycles. The van der Waals surface area contributed by atoms with Gasteiger partial charge in [-0.15, -0.1) is 0 Å². The third kappa shape index (κ3) is 4.92. The average Bonchev–Trinajstić information content (AvgIpc) is 2.84. The molecule has 0 saturated carbocycles. The van der Waals surface area contributed by atoms with Gasteiger partial charge in [-0.05, 0) is 54.1 Å². The van der Waals surface area contributed by atoms with Crippen molar-refractivity contribution < 1.29 is 14.3 Å². The van der Waals surface area contributed by atoms with Crippen LogP contribution in [0.5, 0.6) is 5.88 Å². The highest BCUT2D eigenvalue weighted by atomic mass is 35.5. The number of benzene rings is 3. The van der Waals surface area contributed by atoms with Crippen LogP contribution >= 0.6 is 34.8 Å². The number of hydrogen-bond acceptors (Lipinski definition) is 4. The van der Waals surface area contributed by atoms with Gasteiger partial charge >= 0.3 is 5.97 Å². The number of aromatic nitrogens is 1. The maximum absolute atomic E-state index is 12.8. The van der Waals surface area contributed by atoms with E-state index in [1.54, 1.807) is 48.5 Å². The lowest BCUT2D eigenvalue weighted by Crippen LogP contribution is -2.19. The van der Waals surface area contributed by atoms with Gasteiger partial charge in [0.05, 0.1) is 21.8 Å². The first-order valence-electron chi connectivity index (χ1n) is 10.8. The van der Waals surface area contributed by atoms with Crippen LogP contribution in [0, 0.1) is 0 Å². The topological polar surface area (TPSA) is 48.4 Å². The summed E-state index contributed by atoms with van der Waals surface area (Å²) in [5.41, 5.74) is 4.02. The molecule has 0 N–H and O–H groups in total. The van der Waals surface area contributed by atoms with Gasteiger partial charge in [-0.25, -0.2) is 9.78 Å². The standard InChI is InChI=1S/C28H18Cl3NO3/c1-16-13-25(35-28(33)18-5-3-2-4-6-18)23-15-22(17-7-9-19(29)10-8-17)26(32-27(23)34-16)21-12-11-20(30)14-24(21)31/h2-12,14-15,25H,1,13H2/t25-/m0/s1. The van der Waals surface area contributed by atoms with E-state index in [4.69, 9.17) is 49.3 Å². The van der Waals surface area contributed by atoms with Crippen LogP contribution in [0.1, 0.15) is 28.4 Å². The van der Waals surface area contributed by atoms with Gasteiger partial charge in [0.25, 0.3) is 0 Å². The van der Waals surface area contributed by atoms with Crippen LogP contribution in [0.2, 0.25) is 15.1 Å². The number of ether oxygens (including phenoxy) is 2. The number of esters is 1. The summed E-state index contributed by atoms with van der Waals surface area (Å²) < 4.78 is 11.8. The van der Waals surface area contributed by atoms with Gasteiger partial charge in [-0.2, -0.15) is 0 Å². The highest BCUT2D eigenvalue weighted by Gasteiger charge is 2.31. The number of hydrogen-bond donors (Lipinski definition) is 0. The molecule has 0 radical (unpaired) electrons. The maximum Gasteiger partial charge on any atom is 0.338 e. The molecule has 4 nitrogen and oxygen atoms in total. The molecule has 1 aliphatic rings. The van der Waals surface area contributed by atoms with Crippen molar-refractivity contribution in [2.24, 2.45) is 0 Å². The second-order valence-corrected chi connectivity index (χ2v) is 9.29. The molecule has 7 heteroatoms. The summed E-state index contributed by atoms with van der Waals surface area (Å²) in [7, 11) is 0. The van der Waals surface area contributed by atoms with Crippen LogP contribution < -0.4 is 4.74 Å². The molecule has 0 fully saturated rings. The summed E-state index contributed by atoms with van der Waals surface area (Å²) >= 11 is 18.8. The quantitative estimate of drug-likeness (QED) is 0.252. The Kier molecular flexibility index (Phi) is 6.52. The smallest absolute Gasteiger partial charge is 0.338 e. The molecule has 2 heterocycles. The van der Waals surface area contributed by atoms with Crippen molar-refractivity contribution >= 4 is 40.8 Å². The first kappa shape index (κ1) is 23.4. The second kappa shape index (κ2) is 9.74. The lowest BCUT2D eigenvalue weighted by Gasteiger charge is -2.28. The normalized spacial score (nSPS) is 14.7. The maximum atomic E-state index is 12.8. The zero-order chi connectivity index (χ0) is 24.5. The van der Waals surface area contributed by atoms with Gasteiger partial charge in [-0.1, -0.05) is 71.7 Å². The molecule has 0 bridgehead atoms. The average molecular weight is 523 g/mol. The zero-order valence-electron chi connectivity index (χ0n) is 18.3. The second-order valence-electron chi connectivity index (χ2n) is 8.01. The molecule has 4 aromatic rings. The van der Waals surface area contributed by atoms with E-state index in [2.05, 4.69) is 6.58 Å². The van der Waals surface area contributed by atoms with Gasteiger partial charge in [0.15, 0.2) is 0 Å². The van der Waals surface area contributed by atoms with Crippen molar-refractivity contribution in [3.05, 3.63) is 117 Å². The summed E-state index contributed by atoms with van der Waals surface area (Å²) in [5.74, 6) is 0.322. The monoisotopic (exact) mass is 521 g/mol. The first-order chi connectivity index (χ1) is 16.9. The largest absolute Gasteiger partial charge is 0.453 e. The fraction of sp³-hybridized carbons (Fsp3) is 0.0714. The molecular weight excluding hydrogens is 505 g/mol. The SMILES string of the molecule is C=C1C[C@H](OC(=O)c2ccccc2)c2cc(-c3ccc(Cl)cc3)c(-c3ccc(Cl)cc3Cl)nc2O1. The minimum atomic E-state index is -0.618. The predicted octanol–water partition coefficient (Wildman–Crippen LogP) is 8.57. The number of fused-ring (bicyclic) bond motifs is 1. The Labute approximate surface area is 217 Å². The number of rotatable bonds is 4. The minimum absolute atomic E-state index is 0.311. The molecule has 1 aromatic heterocycles. The van der Waals surface area contributed by atoms with Crippen LogP contribution in [0.25, 0.3) is 22.4 Å². The number of carbonyl (C=O) groups excluding carboxylic acids is 1. The highest BCUT2D eigenvalue weighted by Crippen LogP contribution is 2.44. The first-order valence-corrected chi connectivity index (χ1v) is 11.9. The summed E-state index contributed by atoms with van der Waals surface area (Å²) in [4.78, 5) is 17.6. The lowest BCUT2D eigenvalue weighted by atomic mass is 9.94. The Morgan fingerprint density at radius 1 is 0.914 bits per heavy atom. The molecule has 0 unspecified atom stereocenters. The molecule has 1 atom stereocenters. The predicted molar refractivity (Wildman–Crippen MR) is 139 cm³/mol. The van der Waals surface area contributed by atoms with E-state index < -0.39 is 12.1 Å². The minimum Gasteiger partial charge on any atom is -0.453 e. The van der Waals surface area contributed by atoms with Crippen molar-refractivity contribution in [2.75, 3.05) is 0 Å². The lowest BCUT2D eigenvalue weighted by molar-refractivity contribution is 0.0244. The van der Waals surface area contributed by atoms with E-state index in [9.17, 15) is 4.79 Å². The van der Waals surface area contributed by atoms with Crippen LogP contribution in [-0.4, -0.2) is 11.0 Å². The number of nitrogens with zero attached hydrogens (tertiary/aromatic N) is 1. The van der Waals surface area contributed by atoms with Crippen molar-refractivity contribution in [3.63, 3.8) is 0 Å². The van der Waals surface area contributed by atoms with E-state index in [0.717, 1.165) is 11.1 Å². The van der Waals surface area contributed by atoms with E-state index in [-0.39, 0.29) is 0 Å². The van der Waals surface area contributed by atoms with Gasteiger partial charge in [0.1, 0.15) is 11.9 Å². The Morgan fingerprint density at radius 2 is 1.63 bits per heavy atom. The molecule has 35 heavy (non-hydrogen) atoms. The molecule has 5 rings (SSSR count).